The van der Waals surface area contributed by atoms with Crippen LogP contribution in [0.2, 0.25) is 0 Å². The minimum Gasteiger partial charge on any atom is -0.339 e. The van der Waals surface area contributed by atoms with Gasteiger partial charge in [-0.05, 0) is 6.42 Å². The first-order valence-corrected chi connectivity index (χ1v) is 5.30. The van der Waals surface area contributed by atoms with Gasteiger partial charge in [0.25, 0.3) is 0 Å². The highest BCUT2D eigenvalue weighted by Gasteiger charge is 2.11. The first kappa shape index (κ1) is 11.2. The molecule has 1 unspecified atom stereocenters. The standard InChI is InChI=1S/C10H19N3O/c1-3-4-5-6-9-12-10(13-14-9)8(2)7-11/h8H,3-7,11H2,1-2H3. The van der Waals surface area contributed by atoms with Crippen LogP contribution in [0, 0.1) is 0 Å². The van der Waals surface area contributed by atoms with Crippen LogP contribution in [-0.2, 0) is 6.42 Å². The fraction of sp³-hybridized carbons (Fsp3) is 0.800. The second-order valence-corrected chi connectivity index (χ2v) is 3.64. The molecular weight excluding hydrogens is 178 g/mol. The van der Waals surface area contributed by atoms with Crippen molar-refractivity contribution < 1.29 is 4.52 Å². The molecule has 0 aliphatic carbocycles. The number of unbranched alkanes of at least 4 members (excludes halogenated alkanes) is 2. The van der Waals surface area contributed by atoms with E-state index in [9.17, 15) is 0 Å². The summed E-state index contributed by atoms with van der Waals surface area (Å²) in [4.78, 5) is 4.30. The summed E-state index contributed by atoms with van der Waals surface area (Å²) in [6.07, 6.45) is 4.43. The van der Waals surface area contributed by atoms with Gasteiger partial charge in [-0.2, -0.15) is 4.98 Å². The lowest BCUT2D eigenvalue weighted by Gasteiger charge is -1.98. The van der Waals surface area contributed by atoms with Crippen molar-refractivity contribution in [3.63, 3.8) is 0 Å². The van der Waals surface area contributed by atoms with Crippen LogP contribution < -0.4 is 5.73 Å². The van der Waals surface area contributed by atoms with Gasteiger partial charge >= 0.3 is 0 Å². The fourth-order valence-corrected chi connectivity index (χ4v) is 1.20. The van der Waals surface area contributed by atoms with Crippen LogP contribution in [0.5, 0.6) is 0 Å². The van der Waals surface area contributed by atoms with Crippen LogP contribution in [0.25, 0.3) is 0 Å². The SMILES string of the molecule is CCCCCc1nc(C(C)CN)no1. The third-order valence-corrected chi connectivity index (χ3v) is 2.27. The van der Waals surface area contributed by atoms with Crippen LogP contribution in [0.15, 0.2) is 4.52 Å². The maximum absolute atomic E-state index is 5.51. The van der Waals surface area contributed by atoms with Crippen molar-refractivity contribution in [1.29, 1.82) is 0 Å². The first-order valence-electron chi connectivity index (χ1n) is 5.30. The number of aryl methyl sites for hydroxylation is 1. The largest absolute Gasteiger partial charge is 0.339 e. The van der Waals surface area contributed by atoms with E-state index in [0.29, 0.717) is 6.54 Å². The van der Waals surface area contributed by atoms with Crippen LogP contribution in [-0.4, -0.2) is 16.7 Å². The van der Waals surface area contributed by atoms with E-state index in [2.05, 4.69) is 17.1 Å². The summed E-state index contributed by atoms with van der Waals surface area (Å²) in [6.45, 7) is 4.74. The molecule has 2 N–H and O–H groups in total. The molecular formula is C10H19N3O. The number of hydrogen-bond donors (Lipinski definition) is 1. The predicted octanol–water partition coefficient (Wildman–Crippen LogP) is 1.86. The lowest BCUT2D eigenvalue weighted by Crippen LogP contribution is -2.10. The topological polar surface area (TPSA) is 64.9 Å². The summed E-state index contributed by atoms with van der Waals surface area (Å²) in [6, 6.07) is 0. The molecule has 0 saturated heterocycles. The van der Waals surface area contributed by atoms with E-state index in [1.54, 1.807) is 0 Å². The molecule has 0 fully saturated rings. The first-order chi connectivity index (χ1) is 6.77. The second kappa shape index (κ2) is 5.75. The molecule has 1 aromatic rings. The molecule has 0 saturated carbocycles. The van der Waals surface area contributed by atoms with E-state index in [-0.39, 0.29) is 5.92 Å². The van der Waals surface area contributed by atoms with E-state index >= 15 is 0 Å². The van der Waals surface area contributed by atoms with Crippen molar-refractivity contribution in [3.05, 3.63) is 11.7 Å². The maximum Gasteiger partial charge on any atom is 0.226 e. The second-order valence-electron chi connectivity index (χ2n) is 3.64. The Morgan fingerprint density at radius 3 is 2.86 bits per heavy atom. The van der Waals surface area contributed by atoms with E-state index in [1.165, 1.54) is 12.8 Å². The highest BCUT2D eigenvalue weighted by molar-refractivity contribution is 4.94. The summed E-state index contributed by atoms with van der Waals surface area (Å²) < 4.78 is 5.12. The Hall–Kier alpha value is -0.900. The minimum atomic E-state index is 0.193. The molecule has 0 amide bonds. The van der Waals surface area contributed by atoms with Gasteiger partial charge in [0.15, 0.2) is 5.82 Å². The summed E-state index contributed by atoms with van der Waals surface area (Å²) in [5, 5.41) is 3.90. The van der Waals surface area contributed by atoms with E-state index < -0.39 is 0 Å². The third kappa shape index (κ3) is 3.10. The van der Waals surface area contributed by atoms with Crippen LogP contribution in [0.4, 0.5) is 0 Å². The zero-order valence-corrected chi connectivity index (χ0v) is 8.99. The Morgan fingerprint density at radius 2 is 2.21 bits per heavy atom. The fourth-order valence-electron chi connectivity index (χ4n) is 1.20. The third-order valence-electron chi connectivity index (χ3n) is 2.27. The molecule has 0 aliphatic heterocycles. The van der Waals surface area contributed by atoms with Gasteiger partial charge in [-0.15, -0.1) is 0 Å². The lowest BCUT2D eigenvalue weighted by molar-refractivity contribution is 0.367. The van der Waals surface area contributed by atoms with Crippen LogP contribution in [0.3, 0.4) is 0 Å². The van der Waals surface area contributed by atoms with Gasteiger partial charge in [0.1, 0.15) is 0 Å². The Labute approximate surface area is 84.9 Å². The average Bonchev–Trinajstić information content (AvgIpc) is 2.66. The van der Waals surface area contributed by atoms with Crippen molar-refractivity contribution in [3.8, 4) is 0 Å². The van der Waals surface area contributed by atoms with Crippen LogP contribution in [0.1, 0.15) is 50.7 Å². The smallest absolute Gasteiger partial charge is 0.226 e. The van der Waals surface area contributed by atoms with Crippen molar-refractivity contribution in [2.24, 2.45) is 5.73 Å². The van der Waals surface area contributed by atoms with Gasteiger partial charge in [0.05, 0.1) is 0 Å². The summed E-state index contributed by atoms with van der Waals surface area (Å²) in [7, 11) is 0. The molecule has 4 nitrogen and oxygen atoms in total. The Kier molecular flexibility index (Phi) is 4.59. The highest BCUT2D eigenvalue weighted by Crippen LogP contribution is 2.11. The molecule has 80 valence electrons. The molecule has 1 atom stereocenters. The zero-order valence-electron chi connectivity index (χ0n) is 8.99. The van der Waals surface area contributed by atoms with Gasteiger partial charge in [-0.25, -0.2) is 0 Å². The Bertz CT molecular complexity index is 260. The van der Waals surface area contributed by atoms with Gasteiger partial charge in [0.2, 0.25) is 5.89 Å². The zero-order chi connectivity index (χ0) is 10.4. The molecule has 1 heterocycles. The van der Waals surface area contributed by atoms with E-state index in [1.807, 2.05) is 6.92 Å². The van der Waals surface area contributed by atoms with E-state index in [0.717, 1.165) is 24.6 Å². The number of nitrogens with two attached hydrogens (primary N) is 1. The molecule has 4 heteroatoms. The van der Waals surface area contributed by atoms with Crippen molar-refractivity contribution in [2.45, 2.75) is 45.4 Å². The molecule has 0 spiro atoms. The summed E-state index contributed by atoms with van der Waals surface area (Å²) in [5.74, 6) is 1.67. The number of aromatic nitrogens is 2. The van der Waals surface area contributed by atoms with Gasteiger partial charge < -0.3 is 10.3 Å². The van der Waals surface area contributed by atoms with Gasteiger partial charge in [-0.1, -0.05) is 31.8 Å². The van der Waals surface area contributed by atoms with E-state index in [4.69, 9.17) is 10.3 Å². The Morgan fingerprint density at radius 1 is 1.43 bits per heavy atom. The van der Waals surface area contributed by atoms with Gasteiger partial charge in [-0.3, -0.25) is 0 Å². The maximum atomic E-state index is 5.51. The highest BCUT2D eigenvalue weighted by atomic mass is 16.5. The molecule has 0 bridgehead atoms. The minimum absolute atomic E-state index is 0.193. The lowest BCUT2D eigenvalue weighted by atomic mass is 10.2. The predicted molar refractivity (Wildman–Crippen MR) is 55.0 cm³/mol. The quantitative estimate of drug-likeness (QED) is 0.707. The Balaban J connectivity index is 2.42. The van der Waals surface area contributed by atoms with Crippen molar-refractivity contribution in [2.75, 3.05) is 6.54 Å². The average molecular weight is 197 g/mol. The van der Waals surface area contributed by atoms with Crippen LogP contribution >= 0.6 is 0 Å². The molecule has 1 rings (SSSR count). The number of nitrogens with zero attached hydrogens (tertiary/aromatic N) is 2. The molecule has 0 radical (unpaired) electrons. The van der Waals surface area contributed by atoms with Crippen molar-refractivity contribution in [1.82, 2.24) is 10.1 Å². The molecule has 1 aromatic heterocycles. The van der Waals surface area contributed by atoms with Gasteiger partial charge in [0, 0.05) is 18.9 Å². The van der Waals surface area contributed by atoms with Crippen molar-refractivity contribution >= 4 is 0 Å². The molecule has 0 aliphatic rings. The molecule has 0 aromatic carbocycles. The number of hydrogen-bond acceptors (Lipinski definition) is 4. The normalized spacial score (nSPS) is 13.1. The molecule has 14 heavy (non-hydrogen) atoms. The summed E-state index contributed by atoms with van der Waals surface area (Å²) in [5.41, 5.74) is 5.51. The monoisotopic (exact) mass is 197 g/mol. The summed E-state index contributed by atoms with van der Waals surface area (Å²) >= 11 is 0. The number of rotatable bonds is 6.